The maximum atomic E-state index is 2.81. The largest absolute Gasteiger partial charge is 0.0735 e. The summed E-state index contributed by atoms with van der Waals surface area (Å²) in [5, 5.41) is 0. The van der Waals surface area contributed by atoms with Crippen molar-refractivity contribution in [2.75, 3.05) is 0 Å². The Morgan fingerprint density at radius 3 is 0.341 bits per heavy atom. The van der Waals surface area contributed by atoms with Gasteiger partial charge in [0.2, 0.25) is 0 Å². The Balaban J connectivity index is -0.0000000552. The summed E-state index contributed by atoms with van der Waals surface area (Å²) in [7, 11) is -3.32. The van der Waals surface area contributed by atoms with Gasteiger partial charge in [-0.15, -0.1) is 0 Å². The molecule has 0 amide bonds. The Labute approximate surface area is 326 Å². The first-order valence-corrected chi connectivity index (χ1v) is 56.2. The Bertz CT molecular complexity index is 459. The van der Waals surface area contributed by atoms with E-state index in [1.807, 2.05) is 0 Å². The molecule has 0 nitrogen and oxygen atoms in total. The molecule has 0 aromatic carbocycles. The van der Waals surface area contributed by atoms with Crippen LogP contribution in [0, 0.1) is 0 Å². The van der Waals surface area contributed by atoms with Crippen LogP contribution in [0.3, 0.4) is 0 Å². The van der Waals surface area contributed by atoms with E-state index in [2.05, 4.69) is 196 Å². The molecule has 266 valence electrons. The summed E-state index contributed by atoms with van der Waals surface area (Å²) in [6.45, 7) is 73.5. The predicted molar refractivity (Wildman–Crippen MR) is 256 cm³/mol. The van der Waals surface area contributed by atoms with Gasteiger partial charge in [-0.05, 0) is 0 Å². The molecule has 0 unspecified atom stereocenters. The number of rotatable bonds is 5. The van der Waals surface area contributed by atoms with Crippen LogP contribution in [0.5, 0.6) is 0 Å². The fraction of sp³-hybridized carbons (Fsp3) is 1.00. The summed E-state index contributed by atoms with van der Waals surface area (Å²) < 4.78 is 0. The molecule has 44 heavy (non-hydrogen) atoms. The molecule has 0 saturated carbocycles. The van der Waals surface area contributed by atoms with E-state index in [1.54, 1.807) is 0 Å². The van der Waals surface area contributed by atoms with Crippen molar-refractivity contribution in [3.8, 4) is 0 Å². The van der Waals surface area contributed by atoms with Crippen LogP contribution in [0.4, 0.5) is 0 Å². The molecule has 0 aliphatic carbocycles. The number of hydrogen-bond acceptors (Lipinski definition) is 0. The van der Waals surface area contributed by atoms with E-state index in [0.29, 0.717) is 0 Å². The molecular formula is C30H90Ge2Si12. The Kier molecular flexibility index (Phi) is 57.6. The van der Waals surface area contributed by atoms with E-state index in [4.69, 9.17) is 0 Å². The van der Waals surface area contributed by atoms with Gasteiger partial charge in [0.05, 0.1) is 0 Å². The SMILES string of the molecule is C[Si](C)C.C[Si](C)C.C[Si](C)C.C[Si](C)C.C[Si](C)C.C[Si](C)C.C[Si](C)[Si](C)(C)[Si](C)(C)[Si](C)(C)[Si](C)(C)[Si](C)C.[Ge].[Ge]. The van der Waals surface area contributed by atoms with Crippen molar-refractivity contribution in [2.24, 2.45) is 0 Å². The van der Waals surface area contributed by atoms with E-state index in [-0.39, 0.29) is 105 Å². The second-order valence-corrected chi connectivity index (χ2v) is 94.5. The summed E-state index contributed by atoms with van der Waals surface area (Å²) in [6.07, 6.45) is 0. The van der Waals surface area contributed by atoms with Crippen molar-refractivity contribution in [3.63, 3.8) is 0 Å². The van der Waals surface area contributed by atoms with Crippen molar-refractivity contribution >= 4 is 133 Å². The minimum absolute atomic E-state index is 0. The molecule has 0 saturated heterocycles. The summed E-state index contributed by atoms with van der Waals surface area (Å²) in [4.78, 5) is 0. The molecule has 0 fully saturated rings. The van der Waals surface area contributed by atoms with Gasteiger partial charge in [0.15, 0.2) is 0 Å². The van der Waals surface area contributed by atoms with Gasteiger partial charge in [0.1, 0.15) is 0 Å². The molecular weight excluding hydrogens is 843 g/mol. The van der Waals surface area contributed by atoms with Gasteiger partial charge in [-0.2, -0.15) is 0 Å². The molecule has 0 aliphatic rings. The van der Waals surface area contributed by atoms with E-state index >= 15 is 0 Å². The molecule has 0 aliphatic heterocycles. The van der Waals surface area contributed by atoms with Gasteiger partial charge in [-0.25, -0.2) is 0 Å². The monoisotopic (exact) mass is 934 g/mol. The molecule has 0 aromatic heterocycles. The fourth-order valence-electron chi connectivity index (χ4n) is 2.81. The molecule has 14 heteroatoms. The summed E-state index contributed by atoms with van der Waals surface area (Å²) in [6, 6.07) is 0. The van der Waals surface area contributed by atoms with Crippen LogP contribution in [-0.4, -0.2) is 133 Å². The molecule has 0 bridgehead atoms. The van der Waals surface area contributed by atoms with Gasteiger partial charge in [-0.1, -0.05) is 196 Å². The van der Waals surface area contributed by atoms with Crippen LogP contribution in [0.15, 0.2) is 0 Å². The smallest absolute Gasteiger partial charge is 0.0379 e. The molecule has 16 radical (unpaired) electrons. The van der Waals surface area contributed by atoms with E-state index in [0.717, 1.165) is 0 Å². The molecule has 0 heterocycles. The molecule has 0 spiro atoms. The third-order valence-electron chi connectivity index (χ3n) is 7.19. The summed E-state index contributed by atoms with van der Waals surface area (Å²) in [5.41, 5.74) is 0. The Morgan fingerprint density at radius 1 is 0.227 bits per heavy atom. The van der Waals surface area contributed by atoms with Crippen LogP contribution in [0.1, 0.15) is 0 Å². The minimum Gasteiger partial charge on any atom is -0.0735 e. The number of hydrogen-bond donors (Lipinski definition) is 0. The van der Waals surface area contributed by atoms with Crippen LogP contribution < -0.4 is 0 Å². The third kappa shape index (κ3) is 50.1. The molecule has 0 rings (SSSR count). The van der Waals surface area contributed by atoms with Crippen LogP contribution >= 0.6 is 0 Å². The first kappa shape index (κ1) is 69.4. The van der Waals surface area contributed by atoms with Gasteiger partial charge >= 0.3 is 0 Å². The molecule has 0 aromatic rings. The van der Waals surface area contributed by atoms with Crippen molar-refractivity contribution in [1.29, 1.82) is 0 Å². The van der Waals surface area contributed by atoms with Crippen LogP contribution in [-0.2, 0) is 0 Å². The second kappa shape index (κ2) is 36.5. The van der Waals surface area contributed by atoms with Crippen LogP contribution in [0.25, 0.3) is 0 Å². The zero-order valence-electron chi connectivity index (χ0n) is 37.0. The quantitative estimate of drug-likeness (QED) is 0.241. The van der Waals surface area contributed by atoms with E-state index in [1.165, 1.54) is 0 Å². The average molecular weight is 933 g/mol. The Hall–Kier alpha value is 3.69. The predicted octanol–water partition coefficient (Wildman–Crippen LogP) is 12.2. The second-order valence-electron chi connectivity index (χ2n) is 17.5. The zero-order chi connectivity index (χ0) is 36.6. The topological polar surface area (TPSA) is 0 Å². The van der Waals surface area contributed by atoms with Gasteiger partial charge < -0.3 is 0 Å². The minimum atomic E-state index is -1.01. The van der Waals surface area contributed by atoms with Gasteiger partial charge in [0.25, 0.3) is 0 Å². The van der Waals surface area contributed by atoms with Gasteiger partial charge in [-0.3, -0.25) is 0 Å². The van der Waals surface area contributed by atoms with E-state index < -0.39 is 28.4 Å². The van der Waals surface area contributed by atoms with Crippen molar-refractivity contribution in [3.05, 3.63) is 0 Å². The summed E-state index contributed by atoms with van der Waals surface area (Å²) >= 11 is 0. The normalized spacial score (nSPS) is 11.3. The average Bonchev–Trinajstić information content (AvgIpc) is 2.64. The summed E-state index contributed by atoms with van der Waals surface area (Å²) in [5.74, 6) is 0. The third-order valence-corrected chi connectivity index (χ3v) is 114. The maximum Gasteiger partial charge on any atom is 0.0379 e. The standard InChI is InChI=1S/C12H36Si6.6C3H9Si.2Ge/c1-13(2)15(5,6)17(9,10)18(11,12)16(7,8)14(3)4;6*1-4(2)3;;/h1-12H3;6*1-3H3;;. The van der Waals surface area contributed by atoms with E-state index in [9.17, 15) is 0 Å². The molecule has 0 N–H and O–H groups in total. The van der Waals surface area contributed by atoms with Crippen molar-refractivity contribution in [2.45, 2.75) is 196 Å². The van der Waals surface area contributed by atoms with Crippen LogP contribution in [0.2, 0.25) is 196 Å². The molecule has 0 atom stereocenters. The Morgan fingerprint density at radius 2 is 0.295 bits per heavy atom. The fourth-order valence-corrected chi connectivity index (χ4v) is 130. The maximum absolute atomic E-state index is 2.81. The van der Waals surface area contributed by atoms with Gasteiger partial charge in [0, 0.05) is 133 Å². The van der Waals surface area contributed by atoms with Crippen molar-refractivity contribution < 1.29 is 0 Å². The first-order chi connectivity index (χ1) is 18.0. The first-order valence-electron chi connectivity index (χ1n) is 16.2. The van der Waals surface area contributed by atoms with Crippen molar-refractivity contribution in [1.82, 2.24) is 0 Å². The zero-order valence-corrected chi connectivity index (χ0v) is 53.2.